The molecule has 0 spiro atoms. The molecule has 0 bridgehead atoms. The summed E-state index contributed by atoms with van der Waals surface area (Å²) in [5, 5.41) is 4.84. The van der Waals surface area contributed by atoms with E-state index >= 15 is 0 Å². The highest BCUT2D eigenvalue weighted by Crippen LogP contribution is 2.42. The number of aromatic nitrogens is 1. The van der Waals surface area contributed by atoms with Crippen LogP contribution in [-0.4, -0.2) is 50.0 Å². The van der Waals surface area contributed by atoms with Gasteiger partial charge in [0.15, 0.2) is 0 Å². The van der Waals surface area contributed by atoms with Crippen LogP contribution in [0.1, 0.15) is 17.0 Å². The van der Waals surface area contributed by atoms with E-state index in [9.17, 15) is 22.8 Å². The van der Waals surface area contributed by atoms with Gasteiger partial charge in [-0.15, -0.1) is 0 Å². The first-order valence-corrected chi connectivity index (χ1v) is 9.63. The minimum atomic E-state index is -5.02. The first-order chi connectivity index (χ1) is 15.3. The monoisotopic (exact) mass is 451 g/mol. The second-order valence-corrected chi connectivity index (χ2v) is 6.71. The predicted molar refractivity (Wildman–Crippen MR) is 111 cm³/mol. The summed E-state index contributed by atoms with van der Waals surface area (Å²) in [5.74, 6) is -1.95. The Morgan fingerprint density at radius 1 is 1.12 bits per heavy atom. The summed E-state index contributed by atoms with van der Waals surface area (Å²) < 4.78 is 51.8. The topological polar surface area (TPSA) is 89.6 Å². The first-order valence-electron chi connectivity index (χ1n) is 9.63. The Labute approximate surface area is 183 Å². The van der Waals surface area contributed by atoms with Crippen molar-refractivity contribution in [2.24, 2.45) is 0 Å². The molecule has 0 fully saturated rings. The molecule has 0 aliphatic carbocycles. The zero-order valence-electron chi connectivity index (χ0n) is 17.4. The molecule has 0 radical (unpaired) electrons. The molecule has 32 heavy (non-hydrogen) atoms. The average Bonchev–Trinajstić information content (AvgIpc) is 2.79. The van der Waals surface area contributed by atoms with E-state index in [1.165, 1.54) is 48.8 Å². The predicted octanol–water partition coefficient (Wildman–Crippen LogP) is 3.30. The number of amides is 2. The van der Waals surface area contributed by atoms with E-state index in [1.54, 1.807) is 12.1 Å². The SMILES string of the molecule is C=CCOC(=O)NC[C@H](CNC(=O)[C@](OC)(c1ccccc1)C(F)(F)F)c1cccnc1. The summed E-state index contributed by atoms with van der Waals surface area (Å²) in [6, 6.07) is 9.98. The zero-order valence-corrected chi connectivity index (χ0v) is 17.4. The molecule has 10 heteroatoms. The van der Waals surface area contributed by atoms with Crippen molar-refractivity contribution in [3.8, 4) is 0 Å². The van der Waals surface area contributed by atoms with E-state index in [2.05, 4.69) is 22.2 Å². The number of alkyl halides is 3. The summed E-state index contributed by atoms with van der Waals surface area (Å²) in [6.45, 7) is 3.20. The molecular formula is C22H24F3N3O4. The Balaban J connectivity index is 2.23. The zero-order chi connectivity index (χ0) is 23.6. The van der Waals surface area contributed by atoms with Gasteiger partial charge < -0.3 is 20.1 Å². The molecular weight excluding hydrogens is 427 g/mol. The number of methoxy groups -OCH3 is 1. The Hall–Kier alpha value is -3.40. The van der Waals surface area contributed by atoms with Crippen LogP contribution in [0.25, 0.3) is 0 Å². The lowest BCUT2D eigenvalue weighted by atomic mass is 9.91. The minimum absolute atomic E-state index is 0.000848. The summed E-state index contributed by atoms with van der Waals surface area (Å²) in [5.41, 5.74) is -2.94. The van der Waals surface area contributed by atoms with Crippen molar-refractivity contribution in [1.82, 2.24) is 15.6 Å². The number of alkyl carbamates (subject to hydrolysis) is 1. The van der Waals surface area contributed by atoms with Crippen LogP contribution in [0.2, 0.25) is 0 Å². The number of rotatable bonds is 10. The Morgan fingerprint density at radius 3 is 2.38 bits per heavy atom. The molecule has 0 aliphatic rings. The van der Waals surface area contributed by atoms with E-state index in [0.29, 0.717) is 5.56 Å². The van der Waals surface area contributed by atoms with Crippen LogP contribution in [0.5, 0.6) is 0 Å². The number of carbonyl (C=O) groups is 2. The molecule has 2 amide bonds. The smallest absolute Gasteiger partial charge is 0.430 e. The Morgan fingerprint density at radius 2 is 1.81 bits per heavy atom. The lowest BCUT2D eigenvalue weighted by Gasteiger charge is -2.33. The quantitative estimate of drug-likeness (QED) is 0.541. The molecule has 2 atom stereocenters. The van der Waals surface area contributed by atoms with Crippen molar-refractivity contribution in [2.45, 2.75) is 17.7 Å². The van der Waals surface area contributed by atoms with E-state index in [0.717, 1.165) is 7.11 Å². The highest BCUT2D eigenvalue weighted by molar-refractivity contribution is 5.87. The van der Waals surface area contributed by atoms with Crippen molar-refractivity contribution < 1.29 is 32.2 Å². The fourth-order valence-electron chi connectivity index (χ4n) is 3.08. The van der Waals surface area contributed by atoms with Gasteiger partial charge in [0.05, 0.1) is 0 Å². The van der Waals surface area contributed by atoms with E-state index in [4.69, 9.17) is 9.47 Å². The second kappa shape index (κ2) is 11.3. The average molecular weight is 451 g/mol. The number of hydrogen-bond donors (Lipinski definition) is 2. The third kappa shape index (κ3) is 5.85. The second-order valence-electron chi connectivity index (χ2n) is 6.71. The fourth-order valence-corrected chi connectivity index (χ4v) is 3.08. The van der Waals surface area contributed by atoms with Gasteiger partial charge in [-0.05, 0) is 11.6 Å². The largest absolute Gasteiger partial charge is 0.445 e. The van der Waals surface area contributed by atoms with Gasteiger partial charge in [-0.3, -0.25) is 9.78 Å². The number of carbonyl (C=O) groups excluding carboxylic acids is 2. The molecule has 172 valence electrons. The normalized spacial score (nSPS) is 14.0. The van der Waals surface area contributed by atoms with Gasteiger partial charge in [0.25, 0.3) is 11.5 Å². The van der Waals surface area contributed by atoms with E-state index in [-0.39, 0.29) is 25.3 Å². The maximum absolute atomic E-state index is 14.1. The summed E-state index contributed by atoms with van der Waals surface area (Å²) in [6.07, 6.45) is -1.33. The van der Waals surface area contributed by atoms with Crippen molar-refractivity contribution in [1.29, 1.82) is 0 Å². The first kappa shape index (κ1) is 24.9. The maximum Gasteiger partial charge on any atom is 0.430 e. The summed E-state index contributed by atoms with van der Waals surface area (Å²) >= 11 is 0. The number of nitrogens with one attached hydrogen (secondary N) is 2. The summed E-state index contributed by atoms with van der Waals surface area (Å²) in [7, 11) is 0.829. The number of nitrogens with zero attached hydrogens (tertiary/aromatic N) is 1. The Bertz CT molecular complexity index is 894. The van der Waals surface area contributed by atoms with Crippen LogP contribution < -0.4 is 10.6 Å². The van der Waals surface area contributed by atoms with Gasteiger partial charge in [0.2, 0.25) is 0 Å². The molecule has 2 aromatic rings. The minimum Gasteiger partial charge on any atom is -0.445 e. The highest BCUT2D eigenvalue weighted by atomic mass is 19.4. The lowest BCUT2D eigenvalue weighted by molar-refractivity contribution is -0.265. The number of hydrogen-bond acceptors (Lipinski definition) is 5. The number of halogens is 3. The third-order valence-electron chi connectivity index (χ3n) is 4.70. The molecule has 0 aliphatic heterocycles. The lowest BCUT2D eigenvalue weighted by Crippen LogP contribution is -2.56. The molecule has 0 unspecified atom stereocenters. The number of pyridine rings is 1. The van der Waals surface area contributed by atoms with Gasteiger partial charge in [-0.1, -0.05) is 49.1 Å². The number of ether oxygens (including phenoxy) is 2. The maximum atomic E-state index is 14.1. The number of benzene rings is 1. The van der Waals surface area contributed by atoms with Crippen LogP contribution >= 0.6 is 0 Å². The van der Waals surface area contributed by atoms with Crippen LogP contribution in [0, 0.1) is 0 Å². The molecule has 1 aromatic heterocycles. The van der Waals surface area contributed by atoms with Gasteiger partial charge >= 0.3 is 12.3 Å². The van der Waals surface area contributed by atoms with Gasteiger partial charge in [0.1, 0.15) is 6.61 Å². The van der Waals surface area contributed by atoms with Gasteiger partial charge in [0, 0.05) is 44.1 Å². The van der Waals surface area contributed by atoms with Crippen molar-refractivity contribution in [2.75, 3.05) is 26.8 Å². The van der Waals surface area contributed by atoms with Crippen LogP contribution in [0.15, 0.2) is 67.5 Å². The van der Waals surface area contributed by atoms with Crippen molar-refractivity contribution in [3.63, 3.8) is 0 Å². The van der Waals surface area contributed by atoms with Crippen molar-refractivity contribution >= 4 is 12.0 Å². The Kier molecular flexibility index (Phi) is 8.77. The molecule has 7 nitrogen and oxygen atoms in total. The van der Waals surface area contributed by atoms with Gasteiger partial charge in [-0.25, -0.2) is 4.79 Å². The van der Waals surface area contributed by atoms with Crippen LogP contribution in [-0.2, 0) is 19.9 Å². The van der Waals surface area contributed by atoms with Crippen LogP contribution in [0.3, 0.4) is 0 Å². The van der Waals surface area contributed by atoms with Crippen molar-refractivity contribution in [3.05, 3.63) is 78.6 Å². The highest BCUT2D eigenvalue weighted by Gasteiger charge is 2.62. The molecule has 2 N–H and O–H groups in total. The van der Waals surface area contributed by atoms with Gasteiger partial charge in [-0.2, -0.15) is 13.2 Å². The fraction of sp³-hybridized carbons (Fsp3) is 0.318. The molecule has 0 saturated heterocycles. The molecule has 1 heterocycles. The van der Waals surface area contributed by atoms with E-state index < -0.39 is 29.7 Å². The van der Waals surface area contributed by atoms with Crippen LogP contribution in [0.4, 0.5) is 18.0 Å². The summed E-state index contributed by atoms with van der Waals surface area (Å²) in [4.78, 5) is 28.6. The molecule has 2 rings (SSSR count). The standard InChI is InChI=1S/C22H24F3N3O4/c1-3-12-32-20(30)28-15-17(16-8-7-11-26-13-16)14-27-19(29)21(31-2,22(23,24)25)18-9-5-4-6-10-18/h3-11,13,17H,1,12,14-15H2,2H3,(H,27,29)(H,28,30)/t17-,21+/m0/s1. The molecule has 0 saturated carbocycles. The molecule has 1 aromatic carbocycles. The third-order valence-corrected chi connectivity index (χ3v) is 4.70. The van der Waals surface area contributed by atoms with E-state index in [1.807, 2.05) is 0 Å².